The Morgan fingerprint density at radius 3 is 2.86 bits per heavy atom. The van der Waals surface area contributed by atoms with Crippen LogP contribution in [0.5, 0.6) is 0 Å². The quantitative estimate of drug-likeness (QED) is 0.337. The first-order valence-corrected chi connectivity index (χ1v) is 7.94. The van der Waals surface area contributed by atoms with Gasteiger partial charge in [0, 0.05) is 10.7 Å². The van der Waals surface area contributed by atoms with Gasteiger partial charge >= 0.3 is 0 Å². The number of hydrazine groups is 1. The van der Waals surface area contributed by atoms with E-state index in [4.69, 9.17) is 17.0 Å². The summed E-state index contributed by atoms with van der Waals surface area (Å²) in [5.74, 6) is -0.274. The highest BCUT2D eigenvalue weighted by atomic mass is 79.9. The number of aromatic nitrogens is 1. The van der Waals surface area contributed by atoms with Crippen LogP contribution in [0.3, 0.4) is 0 Å². The number of rotatable bonds is 4. The zero-order valence-electron chi connectivity index (χ0n) is 11.5. The van der Waals surface area contributed by atoms with E-state index in [9.17, 15) is 4.79 Å². The second kappa shape index (κ2) is 8.32. The Bertz CT molecular complexity index is 490. The van der Waals surface area contributed by atoms with Crippen LogP contribution in [0.25, 0.3) is 0 Å². The van der Waals surface area contributed by atoms with E-state index in [1.165, 1.54) is 4.90 Å². The van der Waals surface area contributed by atoms with Crippen LogP contribution in [0.15, 0.2) is 16.7 Å². The van der Waals surface area contributed by atoms with Crippen LogP contribution >= 0.6 is 28.1 Å². The number of morpholine rings is 1. The lowest BCUT2D eigenvalue weighted by atomic mass is 10.4. The number of aromatic amines is 1. The first-order valence-electron chi connectivity index (χ1n) is 6.74. The molecule has 21 heavy (non-hydrogen) atoms. The van der Waals surface area contributed by atoms with Crippen molar-refractivity contribution in [3.63, 3.8) is 0 Å². The van der Waals surface area contributed by atoms with E-state index in [1.807, 2.05) is 0 Å². The highest BCUT2D eigenvalue weighted by Gasteiger charge is 2.13. The van der Waals surface area contributed by atoms with Gasteiger partial charge in [-0.2, -0.15) is 0 Å². The van der Waals surface area contributed by atoms with Crippen LogP contribution in [0.4, 0.5) is 0 Å². The monoisotopic (exact) mass is 376 g/mol. The van der Waals surface area contributed by atoms with Crippen LogP contribution in [0.1, 0.15) is 10.5 Å². The van der Waals surface area contributed by atoms with E-state index in [2.05, 4.69) is 37.1 Å². The number of hydrogen-bond donors (Lipinski definition) is 5. The standard InChI is InChI=1S/C12H18BrN5O2S/c13-9-7-10(15-8-9)11(19)16-17-12(21)14-1-2-18-3-5-20-6-4-18/h7-8,15H,1-6H2,(H,16,19)(H2,14,17,21)/p+1. The molecular formula is C12H19BrN5O2S+. The molecule has 0 spiro atoms. The summed E-state index contributed by atoms with van der Waals surface area (Å²) in [6, 6.07) is 1.69. The average molecular weight is 377 g/mol. The van der Waals surface area contributed by atoms with E-state index >= 15 is 0 Å². The van der Waals surface area contributed by atoms with Crippen LogP contribution in [0, 0.1) is 0 Å². The molecule has 0 atom stereocenters. The molecule has 1 aromatic rings. The summed E-state index contributed by atoms with van der Waals surface area (Å²) in [6.45, 7) is 5.42. The number of quaternary nitrogens is 1. The Hall–Kier alpha value is -1.16. The van der Waals surface area contributed by atoms with Crippen LogP contribution in [-0.4, -0.2) is 55.4 Å². The number of amides is 1. The van der Waals surface area contributed by atoms with Gasteiger partial charge in [-0.1, -0.05) is 0 Å². The minimum atomic E-state index is -0.274. The number of hydrogen-bond acceptors (Lipinski definition) is 3. The minimum absolute atomic E-state index is 0.274. The summed E-state index contributed by atoms with van der Waals surface area (Å²) < 4.78 is 6.12. The third-order valence-corrected chi connectivity index (χ3v) is 3.85. The third-order valence-electron chi connectivity index (χ3n) is 3.15. The molecule has 5 N–H and O–H groups in total. The van der Waals surface area contributed by atoms with Crippen molar-refractivity contribution in [3.8, 4) is 0 Å². The van der Waals surface area contributed by atoms with Crippen LogP contribution < -0.4 is 21.1 Å². The minimum Gasteiger partial charge on any atom is -0.370 e. The lowest BCUT2D eigenvalue weighted by Gasteiger charge is -2.24. The maximum Gasteiger partial charge on any atom is 0.286 e. The molecule has 9 heteroatoms. The van der Waals surface area contributed by atoms with Gasteiger partial charge in [0.05, 0.1) is 26.3 Å². The Morgan fingerprint density at radius 2 is 2.19 bits per heavy atom. The van der Waals surface area contributed by atoms with Gasteiger partial charge < -0.3 is 19.9 Å². The van der Waals surface area contributed by atoms with Crippen molar-refractivity contribution in [2.75, 3.05) is 39.4 Å². The van der Waals surface area contributed by atoms with Gasteiger partial charge in [0.1, 0.15) is 18.8 Å². The number of carbonyl (C=O) groups is 1. The lowest BCUT2D eigenvalue weighted by molar-refractivity contribution is -0.906. The summed E-state index contributed by atoms with van der Waals surface area (Å²) in [5, 5.41) is 3.47. The van der Waals surface area contributed by atoms with Crippen molar-refractivity contribution < 1.29 is 14.4 Å². The largest absolute Gasteiger partial charge is 0.370 e. The number of ether oxygens (including phenoxy) is 1. The molecule has 0 bridgehead atoms. The number of halogens is 1. The van der Waals surface area contributed by atoms with Gasteiger partial charge in [-0.25, -0.2) is 0 Å². The Labute approximate surface area is 136 Å². The predicted octanol–water partition coefficient (Wildman–Crippen LogP) is -1.20. The molecule has 116 valence electrons. The summed E-state index contributed by atoms with van der Waals surface area (Å²) in [6.07, 6.45) is 1.69. The van der Waals surface area contributed by atoms with Crippen molar-refractivity contribution >= 4 is 39.2 Å². The molecule has 1 saturated heterocycles. The van der Waals surface area contributed by atoms with E-state index in [0.717, 1.165) is 43.9 Å². The Kier molecular flexibility index (Phi) is 6.43. The maximum atomic E-state index is 11.8. The fraction of sp³-hybridized carbons (Fsp3) is 0.500. The van der Waals surface area contributed by atoms with E-state index in [-0.39, 0.29) is 5.91 Å². The van der Waals surface area contributed by atoms with Crippen molar-refractivity contribution in [2.45, 2.75) is 0 Å². The highest BCUT2D eigenvalue weighted by molar-refractivity contribution is 9.10. The molecule has 1 aromatic heterocycles. The molecule has 0 aliphatic carbocycles. The van der Waals surface area contributed by atoms with Gasteiger partial charge in [-0.15, -0.1) is 0 Å². The molecule has 1 aliphatic rings. The first-order chi connectivity index (χ1) is 10.1. The fourth-order valence-corrected chi connectivity index (χ4v) is 2.48. The molecule has 2 rings (SSSR count). The molecule has 2 heterocycles. The summed E-state index contributed by atoms with van der Waals surface area (Å²) in [4.78, 5) is 16.1. The van der Waals surface area contributed by atoms with Crippen molar-refractivity contribution in [3.05, 3.63) is 22.4 Å². The third kappa shape index (κ3) is 5.62. The normalized spacial score (nSPS) is 15.5. The first kappa shape index (κ1) is 16.2. The van der Waals surface area contributed by atoms with Gasteiger partial charge in [-0.05, 0) is 34.2 Å². The second-order valence-electron chi connectivity index (χ2n) is 4.68. The zero-order valence-corrected chi connectivity index (χ0v) is 13.9. The van der Waals surface area contributed by atoms with Gasteiger partial charge in [0.25, 0.3) is 5.91 Å². The second-order valence-corrected chi connectivity index (χ2v) is 6.00. The molecular weight excluding hydrogens is 358 g/mol. The van der Waals surface area contributed by atoms with Gasteiger partial charge in [-0.3, -0.25) is 15.6 Å². The van der Waals surface area contributed by atoms with Gasteiger partial charge in [0.15, 0.2) is 5.11 Å². The average Bonchev–Trinajstić information content (AvgIpc) is 2.92. The topological polar surface area (TPSA) is 82.6 Å². The van der Waals surface area contributed by atoms with Crippen molar-refractivity contribution in [1.29, 1.82) is 0 Å². The molecule has 0 radical (unpaired) electrons. The highest BCUT2D eigenvalue weighted by Crippen LogP contribution is 2.09. The SMILES string of the molecule is O=C(NNC(=S)NCC[NH+]1CCOCC1)c1cc(Br)c[nH]1. The summed E-state index contributed by atoms with van der Waals surface area (Å²) >= 11 is 8.38. The molecule has 7 nitrogen and oxygen atoms in total. The lowest BCUT2D eigenvalue weighted by Crippen LogP contribution is -3.14. The molecule has 0 aromatic carbocycles. The number of nitrogens with one attached hydrogen (secondary N) is 5. The van der Waals surface area contributed by atoms with Crippen LogP contribution in [0.2, 0.25) is 0 Å². The molecule has 0 saturated carbocycles. The van der Waals surface area contributed by atoms with Crippen LogP contribution in [-0.2, 0) is 4.74 Å². The number of H-pyrrole nitrogens is 1. The molecule has 1 amide bonds. The summed E-state index contributed by atoms with van der Waals surface area (Å²) in [5.41, 5.74) is 5.66. The van der Waals surface area contributed by atoms with Crippen molar-refractivity contribution in [1.82, 2.24) is 21.2 Å². The summed E-state index contributed by atoms with van der Waals surface area (Å²) in [7, 11) is 0. The van der Waals surface area contributed by atoms with E-state index in [0.29, 0.717) is 10.8 Å². The Balaban J connectivity index is 1.60. The number of carbonyl (C=O) groups excluding carboxylic acids is 1. The molecule has 0 unspecified atom stereocenters. The molecule has 1 fully saturated rings. The van der Waals surface area contributed by atoms with Gasteiger partial charge in [0.2, 0.25) is 0 Å². The maximum absolute atomic E-state index is 11.8. The fourth-order valence-electron chi connectivity index (χ4n) is 1.99. The zero-order chi connectivity index (χ0) is 15.1. The van der Waals surface area contributed by atoms with E-state index < -0.39 is 0 Å². The number of thiocarbonyl (C=S) groups is 1. The molecule has 1 aliphatic heterocycles. The Morgan fingerprint density at radius 1 is 1.43 bits per heavy atom. The van der Waals surface area contributed by atoms with E-state index in [1.54, 1.807) is 12.3 Å². The predicted molar refractivity (Wildman–Crippen MR) is 86.1 cm³/mol. The van der Waals surface area contributed by atoms with Crippen molar-refractivity contribution in [2.24, 2.45) is 0 Å². The smallest absolute Gasteiger partial charge is 0.286 e.